The standard InChI is InChI=1S/C15H18F2/c1-6-12-11(5)14(16)8-13(15(12)17)10(4)7-9(2)3/h8H,2,4,6-7H2,1,3,5H3. The second kappa shape index (κ2) is 5.26. The predicted octanol–water partition coefficient (Wildman–Crippen LogP) is 4.82. The van der Waals surface area contributed by atoms with Crippen molar-refractivity contribution in [3.8, 4) is 0 Å². The molecule has 1 rings (SSSR count). The van der Waals surface area contributed by atoms with Crippen LogP contribution in [0, 0.1) is 18.6 Å². The van der Waals surface area contributed by atoms with Crippen LogP contribution in [0.1, 0.15) is 37.0 Å². The molecular formula is C15H18F2. The van der Waals surface area contributed by atoms with E-state index in [1.54, 1.807) is 6.92 Å². The van der Waals surface area contributed by atoms with Gasteiger partial charge in [-0.3, -0.25) is 0 Å². The van der Waals surface area contributed by atoms with Crippen molar-refractivity contribution in [2.24, 2.45) is 0 Å². The number of hydrogen-bond acceptors (Lipinski definition) is 0. The normalized spacial score (nSPS) is 10.4. The molecule has 0 aliphatic rings. The molecule has 1 aromatic carbocycles. The summed E-state index contributed by atoms with van der Waals surface area (Å²) in [5.74, 6) is -0.723. The highest BCUT2D eigenvalue weighted by Crippen LogP contribution is 2.28. The van der Waals surface area contributed by atoms with Crippen LogP contribution in [0.3, 0.4) is 0 Å². The first-order chi connectivity index (χ1) is 7.88. The van der Waals surface area contributed by atoms with Crippen LogP contribution < -0.4 is 0 Å². The van der Waals surface area contributed by atoms with Gasteiger partial charge in [-0.2, -0.15) is 0 Å². The van der Waals surface area contributed by atoms with Crippen molar-refractivity contribution < 1.29 is 8.78 Å². The van der Waals surface area contributed by atoms with Crippen LogP contribution in [0.15, 0.2) is 24.8 Å². The van der Waals surface area contributed by atoms with Crippen LogP contribution in [0.5, 0.6) is 0 Å². The highest BCUT2D eigenvalue weighted by Gasteiger charge is 2.16. The maximum Gasteiger partial charge on any atom is 0.134 e. The first-order valence-electron chi connectivity index (χ1n) is 5.68. The SMILES string of the molecule is C=C(C)CC(=C)c1cc(F)c(C)c(CC)c1F. The van der Waals surface area contributed by atoms with Gasteiger partial charge < -0.3 is 0 Å². The smallest absolute Gasteiger partial charge is 0.134 e. The van der Waals surface area contributed by atoms with E-state index >= 15 is 0 Å². The average molecular weight is 236 g/mol. The fraction of sp³-hybridized carbons (Fsp3) is 0.333. The Morgan fingerprint density at radius 3 is 2.35 bits per heavy atom. The Balaban J connectivity index is 3.30. The summed E-state index contributed by atoms with van der Waals surface area (Å²) in [7, 11) is 0. The molecule has 0 unspecified atom stereocenters. The third-order valence-corrected chi connectivity index (χ3v) is 2.83. The van der Waals surface area contributed by atoms with E-state index in [0.29, 0.717) is 29.5 Å². The van der Waals surface area contributed by atoms with Gasteiger partial charge in [0.1, 0.15) is 11.6 Å². The average Bonchev–Trinajstić information content (AvgIpc) is 2.23. The summed E-state index contributed by atoms with van der Waals surface area (Å²) in [5, 5.41) is 0. The van der Waals surface area contributed by atoms with Crippen molar-refractivity contribution in [1.82, 2.24) is 0 Å². The lowest BCUT2D eigenvalue weighted by Gasteiger charge is -2.13. The molecule has 0 aromatic heterocycles. The molecule has 0 aliphatic carbocycles. The molecule has 0 nitrogen and oxygen atoms in total. The molecule has 0 bridgehead atoms. The largest absolute Gasteiger partial charge is 0.207 e. The summed E-state index contributed by atoms with van der Waals surface area (Å²) in [6.45, 7) is 12.8. The van der Waals surface area contributed by atoms with Crippen LogP contribution in [-0.2, 0) is 6.42 Å². The molecule has 1 aromatic rings. The number of hydrogen-bond donors (Lipinski definition) is 0. The monoisotopic (exact) mass is 236 g/mol. The Hall–Kier alpha value is -1.44. The summed E-state index contributed by atoms with van der Waals surface area (Å²) in [4.78, 5) is 0. The van der Waals surface area contributed by atoms with Gasteiger partial charge in [-0.05, 0) is 49.5 Å². The summed E-state index contributed by atoms with van der Waals surface area (Å²) in [6.07, 6.45) is 0.964. The van der Waals surface area contributed by atoms with E-state index in [9.17, 15) is 8.78 Å². The van der Waals surface area contributed by atoms with Crippen LogP contribution in [0.25, 0.3) is 5.57 Å². The molecular weight excluding hydrogens is 218 g/mol. The third kappa shape index (κ3) is 2.82. The van der Waals surface area contributed by atoms with Gasteiger partial charge in [-0.15, -0.1) is 0 Å². The van der Waals surface area contributed by atoms with E-state index in [1.165, 1.54) is 6.07 Å². The maximum atomic E-state index is 14.2. The van der Waals surface area contributed by atoms with Crippen molar-refractivity contribution in [2.45, 2.75) is 33.6 Å². The minimum Gasteiger partial charge on any atom is -0.207 e. The first kappa shape index (κ1) is 13.6. The second-order valence-corrected chi connectivity index (χ2v) is 4.41. The Morgan fingerprint density at radius 2 is 1.88 bits per heavy atom. The zero-order valence-electron chi connectivity index (χ0n) is 10.7. The molecule has 0 radical (unpaired) electrons. The van der Waals surface area contributed by atoms with Crippen molar-refractivity contribution in [3.63, 3.8) is 0 Å². The maximum absolute atomic E-state index is 14.2. The van der Waals surface area contributed by atoms with E-state index in [-0.39, 0.29) is 17.2 Å². The minimum absolute atomic E-state index is 0.271. The molecule has 0 amide bonds. The molecule has 2 heteroatoms. The van der Waals surface area contributed by atoms with Gasteiger partial charge in [0, 0.05) is 5.56 Å². The third-order valence-electron chi connectivity index (χ3n) is 2.83. The van der Waals surface area contributed by atoms with E-state index in [1.807, 2.05) is 13.8 Å². The van der Waals surface area contributed by atoms with Gasteiger partial charge in [0.05, 0.1) is 0 Å². The summed E-state index contributed by atoms with van der Waals surface area (Å²) in [6, 6.07) is 1.23. The fourth-order valence-corrected chi connectivity index (χ4v) is 1.91. The van der Waals surface area contributed by atoms with Crippen molar-refractivity contribution in [1.29, 1.82) is 0 Å². The summed E-state index contributed by atoms with van der Waals surface area (Å²) in [5.41, 5.74) is 2.55. The van der Waals surface area contributed by atoms with Gasteiger partial charge in [0.25, 0.3) is 0 Å². The Labute approximate surface area is 102 Å². The van der Waals surface area contributed by atoms with Gasteiger partial charge >= 0.3 is 0 Å². The number of allylic oxidation sites excluding steroid dienone is 2. The van der Waals surface area contributed by atoms with Crippen LogP contribution in [0.4, 0.5) is 8.78 Å². The van der Waals surface area contributed by atoms with Gasteiger partial charge in [-0.25, -0.2) is 8.78 Å². The van der Waals surface area contributed by atoms with E-state index in [0.717, 1.165) is 5.57 Å². The molecule has 0 aliphatic heterocycles. The molecule has 0 N–H and O–H groups in total. The molecule has 17 heavy (non-hydrogen) atoms. The van der Waals surface area contributed by atoms with Crippen molar-refractivity contribution in [3.05, 3.63) is 53.1 Å². The lowest BCUT2D eigenvalue weighted by molar-refractivity contribution is 0.575. The zero-order valence-corrected chi connectivity index (χ0v) is 10.7. The molecule has 0 saturated carbocycles. The first-order valence-corrected chi connectivity index (χ1v) is 5.68. The fourth-order valence-electron chi connectivity index (χ4n) is 1.91. The Kier molecular flexibility index (Phi) is 4.22. The molecule has 0 atom stereocenters. The van der Waals surface area contributed by atoms with Gasteiger partial charge in [0.15, 0.2) is 0 Å². The van der Waals surface area contributed by atoms with Crippen LogP contribution >= 0.6 is 0 Å². The molecule has 0 fully saturated rings. The van der Waals surface area contributed by atoms with Gasteiger partial charge in [0.2, 0.25) is 0 Å². The Morgan fingerprint density at radius 1 is 1.29 bits per heavy atom. The number of halogens is 2. The lowest BCUT2D eigenvalue weighted by atomic mass is 9.94. The van der Waals surface area contributed by atoms with Crippen LogP contribution in [0.2, 0.25) is 0 Å². The lowest BCUT2D eigenvalue weighted by Crippen LogP contribution is -2.02. The molecule has 0 heterocycles. The summed E-state index contributed by atoms with van der Waals surface area (Å²) < 4.78 is 27.8. The van der Waals surface area contributed by atoms with E-state index in [2.05, 4.69) is 13.2 Å². The number of benzene rings is 1. The summed E-state index contributed by atoms with van der Waals surface area (Å²) >= 11 is 0. The quantitative estimate of drug-likeness (QED) is 0.658. The Bertz CT molecular complexity index is 470. The van der Waals surface area contributed by atoms with E-state index in [4.69, 9.17) is 0 Å². The zero-order chi connectivity index (χ0) is 13.2. The topological polar surface area (TPSA) is 0 Å². The highest BCUT2D eigenvalue weighted by molar-refractivity contribution is 5.67. The van der Waals surface area contributed by atoms with E-state index < -0.39 is 0 Å². The van der Waals surface area contributed by atoms with Crippen molar-refractivity contribution >= 4 is 5.57 Å². The molecule has 0 saturated heterocycles. The van der Waals surface area contributed by atoms with Crippen molar-refractivity contribution in [2.75, 3.05) is 0 Å². The highest BCUT2D eigenvalue weighted by atomic mass is 19.1. The number of rotatable bonds is 4. The molecule has 92 valence electrons. The predicted molar refractivity (Wildman–Crippen MR) is 68.9 cm³/mol. The van der Waals surface area contributed by atoms with Crippen LogP contribution in [-0.4, -0.2) is 0 Å². The minimum atomic E-state index is -0.374. The molecule has 0 spiro atoms. The van der Waals surface area contributed by atoms with Gasteiger partial charge in [-0.1, -0.05) is 25.7 Å². The second-order valence-electron chi connectivity index (χ2n) is 4.41.